The number of hydrogen-bond donors (Lipinski definition) is 0. The van der Waals surface area contributed by atoms with Gasteiger partial charge in [-0.25, -0.2) is 0 Å². The second-order valence-corrected chi connectivity index (χ2v) is 2.95. The summed E-state index contributed by atoms with van der Waals surface area (Å²) in [6.07, 6.45) is 0. The molecular weight excluding hydrogens is 414 g/mol. The van der Waals surface area contributed by atoms with Gasteiger partial charge in [-0.15, -0.1) is 0 Å². The molecular formula is C13H18O12Zn. The van der Waals surface area contributed by atoms with Crippen LogP contribution < -0.4 is 30.6 Å². The van der Waals surface area contributed by atoms with E-state index in [9.17, 15) is 0 Å². The van der Waals surface area contributed by atoms with Crippen LogP contribution in [0.15, 0.2) is 0 Å². The molecule has 0 heterocycles. The fraction of sp³-hybridized carbons (Fsp3) is 0.462. The van der Waals surface area contributed by atoms with Gasteiger partial charge in [-0.2, -0.15) is 0 Å². The number of carboxylic acid groups (broad SMARTS) is 6. The number of carbonyl (C=O) groups excluding carboxylic acids is 6. The number of rotatable bonds is 0. The molecule has 144 valence electrons. The summed E-state index contributed by atoms with van der Waals surface area (Å²) < 4.78 is 0. The topological polar surface area (TPSA) is 241 Å². The third-order valence-electron chi connectivity index (χ3n) is 0. The quantitative estimate of drug-likeness (QED) is 0.324. The van der Waals surface area contributed by atoms with Gasteiger partial charge in [-0.05, 0) is 41.5 Å². The van der Waals surface area contributed by atoms with E-state index in [2.05, 4.69) is 0 Å². The van der Waals surface area contributed by atoms with E-state index in [1.807, 2.05) is 0 Å². The Bertz CT molecular complexity index is 262. The van der Waals surface area contributed by atoms with Gasteiger partial charge < -0.3 is 59.4 Å². The molecule has 0 aromatic heterocycles. The zero-order valence-corrected chi connectivity index (χ0v) is 18.1. The molecule has 0 saturated carbocycles. The molecule has 0 aromatic carbocycles. The summed E-state index contributed by atoms with van der Waals surface area (Å²) in [6, 6.07) is 0. The van der Waals surface area contributed by atoms with E-state index in [-0.39, 0.29) is 26.9 Å². The Morgan fingerprint density at radius 2 is 0.385 bits per heavy atom. The van der Waals surface area contributed by atoms with Gasteiger partial charge in [-0.3, -0.25) is 0 Å². The van der Waals surface area contributed by atoms with Crippen LogP contribution in [0.4, 0.5) is 0 Å². The van der Waals surface area contributed by atoms with Gasteiger partial charge in [0.25, 0.3) is 0 Å². The Morgan fingerprint density at radius 3 is 0.385 bits per heavy atom. The minimum atomic E-state index is -1.08. The maximum atomic E-state index is 8.89. The smallest absolute Gasteiger partial charge is 0.550 e. The molecule has 0 aliphatic carbocycles. The van der Waals surface area contributed by atoms with E-state index in [4.69, 9.17) is 59.4 Å². The van der Waals surface area contributed by atoms with Crippen LogP contribution in [0.1, 0.15) is 41.5 Å². The van der Waals surface area contributed by atoms with Gasteiger partial charge in [-0.1, -0.05) is 0 Å². The van der Waals surface area contributed by atoms with Gasteiger partial charge in [0, 0.05) is 35.8 Å². The molecule has 0 N–H and O–H groups in total. The number of hydrogen-bond acceptors (Lipinski definition) is 12. The van der Waals surface area contributed by atoms with E-state index >= 15 is 0 Å². The van der Waals surface area contributed by atoms with Gasteiger partial charge in [0.2, 0.25) is 0 Å². The molecule has 0 saturated heterocycles. The molecule has 12 nitrogen and oxygen atoms in total. The zero-order valence-electron chi connectivity index (χ0n) is 15.1. The molecule has 13 heteroatoms. The van der Waals surface area contributed by atoms with Crippen molar-refractivity contribution in [1.82, 2.24) is 0 Å². The third kappa shape index (κ3) is 1370. The Hall–Kier alpha value is -2.56. The molecule has 0 spiro atoms. The zero-order chi connectivity index (χ0) is 21.5. The molecule has 0 aliphatic heterocycles. The summed E-state index contributed by atoms with van der Waals surface area (Å²) >= 11 is 0. The number of aliphatic carboxylic acids is 6. The van der Waals surface area contributed by atoms with E-state index in [0.29, 0.717) is 0 Å². The molecule has 0 aliphatic rings. The summed E-state index contributed by atoms with van der Waals surface area (Å²) in [6.45, 7) is 5.83. The maximum absolute atomic E-state index is 8.89. The minimum absolute atomic E-state index is 0. The van der Waals surface area contributed by atoms with Crippen molar-refractivity contribution in [1.29, 1.82) is 0 Å². The summed E-state index contributed by atoms with van der Waals surface area (Å²) in [5, 5.41) is 53.3. The van der Waals surface area contributed by atoms with Crippen LogP contribution in [-0.2, 0) is 48.2 Å². The Balaban J connectivity index is -0.0000000245. The van der Waals surface area contributed by atoms with Crippen LogP contribution >= 0.6 is 0 Å². The van der Waals surface area contributed by atoms with Crippen molar-refractivity contribution in [3.8, 4) is 0 Å². The van der Waals surface area contributed by atoms with Crippen molar-refractivity contribution in [3.05, 3.63) is 7.43 Å². The molecule has 0 unspecified atom stereocenters. The minimum Gasteiger partial charge on any atom is -0.550 e. The Kier molecular flexibility index (Phi) is 82.4. The molecule has 0 radical (unpaired) electrons. The molecule has 0 amide bonds. The van der Waals surface area contributed by atoms with Crippen LogP contribution in [0.2, 0.25) is 0 Å². The number of carboxylic acids is 6. The molecule has 0 bridgehead atoms. The first-order chi connectivity index (χ1) is 10.4. The predicted octanol–water partition coefficient (Wildman–Crippen LogP) is -7.38. The summed E-state index contributed by atoms with van der Waals surface area (Å²) in [5.41, 5.74) is 0. The third-order valence-corrected chi connectivity index (χ3v) is 0. The molecule has 0 rings (SSSR count). The van der Waals surface area contributed by atoms with E-state index in [0.717, 1.165) is 41.5 Å². The van der Waals surface area contributed by atoms with Gasteiger partial charge in [0.05, 0.1) is 0 Å². The van der Waals surface area contributed by atoms with E-state index < -0.39 is 35.8 Å². The summed E-state index contributed by atoms with van der Waals surface area (Å²) in [5.74, 6) is -6.50. The molecule has 26 heavy (non-hydrogen) atoms. The molecule has 0 aromatic rings. The standard InChI is InChI=1S/6C2H4O2.C.Zn/c6*1-2(3)4;;/h6*1H3,(H,3,4);;/q;;;;;;+4;+2/p-6. The van der Waals surface area contributed by atoms with Crippen molar-refractivity contribution in [2.24, 2.45) is 0 Å². The van der Waals surface area contributed by atoms with Crippen LogP contribution in [0, 0.1) is 7.43 Å². The molecule has 0 fully saturated rings. The van der Waals surface area contributed by atoms with Crippen LogP contribution in [0.3, 0.4) is 0 Å². The van der Waals surface area contributed by atoms with Crippen LogP contribution in [0.25, 0.3) is 0 Å². The monoisotopic (exact) mass is 430 g/mol. The second-order valence-electron chi connectivity index (χ2n) is 2.95. The first-order valence-corrected chi connectivity index (χ1v) is 5.45. The average molecular weight is 432 g/mol. The van der Waals surface area contributed by atoms with Crippen LogP contribution in [-0.4, -0.2) is 35.8 Å². The van der Waals surface area contributed by atoms with Gasteiger partial charge in [0.1, 0.15) is 0 Å². The second kappa shape index (κ2) is 43.3. The van der Waals surface area contributed by atoms with Crippen molar-refractivity contribution in [2.75, 3.05) is 0 Å². The van der Waals surface area contributed by atoms with Gasteiger partial charge >= 0.3 is 26.9 Å². The van der Waals surface area contributed by atoms with Gasteiger partial charge in [0.15, 0.2) is 0 Å². The normalized spacial score (nSPS) is 5.77. The van der Waals surface area contributed by atoms with Crippen LogP contribution in [0.5, 0.6) is 0 Å². The largest absolute Gasteiger partial charge is 4.00 e. The Labute approximate surface area is 164 Å². The van der Waals surface area contributed by atoms with Crippen molar-refractivity contribution in [3.63, 3.8) is 0 Å². The summed E-state index contributed by atoms with van der Waals surface area (Å²) in [4.78, 5) is 53.3. The first kappa shape index (κ1) is 49.5. The number of carbonyl (C=O) groups is 6. The van der Waals surface area contributed by atoms with Crippen molar-refractivity contribution >= 4 is 35.8 Å². The van der Waals surface area contributed by atoms with Crippen molar-refractivity contribution in [2.45, 2.75) is 41.5 Å². The first-order valence-electron chi connectivity index (χ1n) is 5.45. The predicted molar refractivity (Wildman–Crippen MR) is 67.3 cm³/mol. The Morgan fingerprint density at radius 1 is 0.385 bits per heavy atom. The average Bonchev–Trinajstić information content (AvgIpc) is 2.08. The van der Waals surface area contributed by atoms with Crippen molar-refractivity contribution < 1.29 is 78.9 Å². The fourth-order valence-electron chi connectivity index (χ4n) is 0. The SMILES string of the molecule is CC(=O)[O-].CC(=O)[O-].CC(=O)[O-].CC(=O)[O-].CC(=O)[O-].CC(=O)[O-].[C+4].[Zn+2]. The summed E-state index contributed by atoms with van der Waals surface area (Å²) in [7, 11) is 0. The van der Waals surface area contributed by atoms with E-state index in [1.165, 1.54) is 0 Å². The fourth-order valence-corrected chi connectivity index (χ4v) is 0. The van der Waals surface area contributed by atoms with E-state index in [1.54, 1.807) is 0 Å². The maximum Gasteiger partial charge on any atom is 4.00 e. The molecule has 0 atom stereocenters.